The Bertz CT molecular complexity index is 698. The number of hydrogen-bond acceptors (Lipinski definition) is 3. The molecule has 1 aromatic carbocycles. The molecule has 1 aromatic heterocycles. The van der Waals surface area contributed by atoms with Gasteiger partial charge in [-0.15, -0.1) is 0 Å². The van der Waals surface area contributed by atoms with Crippen LogP contribution in [0.4, 0.5) is 0 Å². The van der Waals surface area contributed by atoms with Crippen LogP contribution in [0, 0.1) is 0 Å². The van der Waals surface area contributed by atoms with Crippen LogP contribution in [0.5, 0.6) is 0 Å². The molecule has 2 N–H and O–H groups in total. The minimum atomic E-state index is -0.546. The van der Waals surface area contributed by atoms with Crippen molar-refractivity contribution in [1.82, 2.24) is 9.13 Å². The molecule has 1 atom stereocenters. The number of aromatic nitrogens is 2. The van der Waals surface area contributed by atoms with Crippen molar-refractivity contribution >= 4 is 0 Å². The summed E-state index contributed by atoms with van der Waals surface area (Å²) in [5.41, 5.74) is 7.22. The maximum absolute atomic E-state index is 11.8. The summed E-state index contributed by atoms with van der Waals surface area (Å²) in [5, 5.41) is 0. The lowest BCUT2D eigenvalue weighted by molar-refractivity contribution is 0.548. The molecule has 20 heavy (non-hydrogen) atoms. The van der Waals surface area contributed by atoms with E-state index in [9.17, 15) is 9.59 Å². The molecule has 0 bridgehead atoms. The topological polar surface area (TPSA) is 70.0 Å². The monoisotopic (exact) mass is 273 g/mol. The van der Waals surface area contributed by atoms with Gasteiger partial charge in [0.2, 0.25) is 0 Å². The highest BCUT2D eigenvalue weighted by Gasteiger charge is 2.09. The number of nitrogens with two attached hydrogens (primary N) is 1. The van der Waals surface area contributed by atoms with Gasteiger partial charge < -0.3 is 14.9 Å². The van der Waals surface area contributed by atoms with Gasteiger partial charge in [-0.2, -0.15) is 0 Å². The van der Waals surface area contributed by atoms with E-state index in [2.05, 4.69) is 6.92 Å². The van der Waals surface area contributed by atoms with Crippen molar-refractivity contribution in [2.75, 3.05) is 0 Å². The van der Waals surface area contributed by atoms with Gasteiger partial charge in [0.1, 0.15) is 0 Å². The maximum Gasteiger partial charge on any atom is 0.316 e. The Hall–Kier alpha value is -2.14. The summed E-state index contributed by atoms with van der Waals surface area (Å²) in [7, 11) is 1.55. The third-order valence-corrected chi connectivity index (χ3v) is 3.44. The summed E-state index contributed by atoms with van der Waals surface area (Å²) in [5.74, 6) is 0. The molecular weight excluding hydrogens is 254 g/mol. The zero-order chi connectivity index (χ0) is 14.7. The highest BCUT2D eigenvalue weighted by Crippen LogP contribution is 2.13. The number of aryl methyl sites for hydroxylation is 2. The third-order valence-electron chi connectivity index (χ3n) is 3.44. The first-order chi connectivity index (χ1) is 9.52. The average molecular weight is 273 g/mol. The van der Waals surface area contributed by atoms with Crippen molar-refractivity contribution in [3.05, 3.63) is 68.5 Å². The molecule has 106 valence electrons. The average Bonchev–Trinajstić information content (AvgIpc) is 2.48. The van der Waals surface area contributed by atoms with Gasteiger partial charge in [-0.3, -0.25) is 9.59 Å². The van der Waals surface area contributed by atoms with Gasteiger partial charge in [0.25, 0.3) is 0 Å². The summed E-state index contributed by atoms with van der Waals surface area (Å²) in [6, 6.07) is 7.68. The predicted molar refractivity (Wildman–Crippen MR) is 78.7 cm³/mol. The molecule has 0 spiro atoms. The molecule has 0 radical (unpaired) electrons. The molecule has 2 rings (SSSR count). The first-order valence-corrected chi connectivity index (χ1v) is 6.63. The molecule has 1 heterocycles. The van der Waals surface area contributed by atoms with Crippen LogP contribution >= 0.6 is 0 Å². The standard InChI is InChI=1S/C15H19N3O2/c1-3-11-4-6-12(7-5-11)13(16)10-18-9-8-17(2)14(19)15(18)20/h4-9,13H,3,10,16H2,1-2H3. The SMILES string of the molecule is CCc1ccc(C(N)Cn2ccn(C)c(=O)c2=O)cc1. The Labute approximate surface area is 117 Å². The molecule has 0 fully saturated rings. The Morgan fingerprint density at radius 2 is 1.75 bits per heavy atom. The van der Waals surface area contributed by atoms with Crippen molar-refractivity contribution in [3.8, 4) is 0 Å². The van der Waals surface area contributed by atoms with E-state index in [1.54, 1.807) is 19.4 Å². The predicted octanol–water partition coefficient (Wildman–Crippen LogP) is 0.809. The molecule has 1 unspecified atom stereocenters. The molecule has 0 saturated heterocycles. The Balaban J connectivity index is 2.23. The maximum atomic E-state index is 11.8. The van der Waals surface area contributed by atoms with Crippen molar-refractivity contribution < 1.29 is 0 Å². The van der Waals surface area contributed by atoms with Crippen LogP contribution in [0.1, 0.15) is 24.1 Å². The number of rotatable bonds is 4. The third kappa shape index (κ3) is 2.88. The quantitative estimate of drug-likeness (QED) is 0.838. The smallest absolute Gasteiger partial charge is 0.316 e. The van der Waals surface area contributed by atoms with Gasteiger partial charge in [0.05, 0.1) is 0 Å². The molecular formula is C15H19N3O2. The van der Waals surface area contributed by atoms with Crippen LogP contribution in [0.3, 0.4) is 0 Å². The van der Waals surface area contributed by atoms with Crippen LogP contribution in [0.25, 0.3) is 0 Å². The lowest BCUT2D eigenvalue weighted by atomic mass is 10.0. The van der Waals surface area contributed by atoms with E-state index >= 15 is 0 Å². The van der Waals surface area contributed by atoms with E-state index in [0.29, 0.717) is 6.54 Å². The molecule has 0 aliphatic heterocycles. The molecule has 0 amide bonds. The van der Waals surface area contributed by atoms with E-state index in [1.165, 1.54) is 14.7 Å². The fraction of sp³-hybridized carbons (Fsp3) is 0.333. The van der Waals surface area contributed by atoms with Gasteiger partial charge in [0.15, 0.2) is 0 Å². The van der Waals surface area contributed by atoms with E-state index in [1.807, 2.05) is 24.3 Å². The normalized spacial score (nSPS) is 12.3. The minimum absolute atomic E-state index is 0.292. The fourth-order valence-corrected chi connectivity index (χ4v) is 2.05. The highest BCUT2D eigenvalue weighted by molar-refractivity contribution is 5.24. The number of benzene rings is 1. The van der Waals surface area contributed by atoms with Gasteiger partial charge >= 0.3 is 11.1 Å². The van der Waals surface area contributed by atoms with Gasteiger partial charge in [-0.1, -0.05) is 31.2 Å². The zero-order valence-corrected chi connectivity index (χ0v) is 11.7. The van der Waals surface area contributed by atoms with E-state index in [4.69, 9.17) is 5.73 Å². The first kappa shape index (κ1) is 14.3. The molecule has 5 heteroatoms. The largest absolute Gasteiger partial charge is 0.322 e. The molecule has 2 aromatic rings. The first-order valence-electron chi connectivity index (χ1n) is 6.63. The van der Waals surface area contributed by atoms with Crippen LogP contribution in [-0.4, -0.2) is 9.13 Å². The van der Waals surface area contributed by atoms with Crippen molar-refractivity contribution in [3.63, 3.8) is 0 Å². The number of nitrogens with zero attached hydrogens (tertiary/aromatic N) is 2. The Kier molecular flexibility index (Phi) is 4.20. The lowest BCUT2D eigenvalue weighted by Gasteiger charge is -2.14. The van der Waals surface area contributed by atoms with Crippen LogP contribution in [0.15, 0.2) is 46.2 Å². The van der Waals surface area contributed by atoms with Crippen LogP contribution in [0.2, 0.25) is 0 Å². The summed E-state index contributed by atoms with van der Waals surface area (Å²) in [4.78, 5) is 23.4. The van der Waals surface area contributed by atoms with Crippen LogP contribution in [-0.2, 0) is 20.0 Å². The fourth-order valence-electron chi connectivity index (χ4n) is 2.05. The molecule has 5 nitrogen and oxygen atoms in total. The van der Waals surface area contributed by atoms with E-state index in [0.717, 1.165) is 12.0 Å². The summed E-state index contributed by atoms with van der Waals surface area (Å²) in [6.07, 6.45) is 4.13. The second kappa shape index (κ2) is 5.88. The summed E-state index contributed by atoms with van der Waals surface area (Å²) < 4.78 is 2.63. The van der Waals surface area contributed by atoms with E-state index < -0.39 is 11.1 Å². The second-order valence-electron chi connectivity index (χ2n) is 4.87. The van der Waals surface area contributed by atoms with Gasteiger partial charge in [-0.05, 0) is 17.5 Å². The summed E-state index contributed by atoms with van der Waals surface area (Å²) >= 11 is 0. The highest BCUT2D eigenvalue weighted by atomic mass is 16.2. The van der Waals surface area contributed by atoms with Crippen molar-refractivity contribution in [1.29, 1.82) is 0 Å². The second-order valence-corrected chi connectivity index (χ2v) is 4.87. The Morgan fingerprint density at radius 1 is 1.10 bits per heavy atom. The van der Waals surface area contributed by atoms with Crippen LogP contribution < -0.4 is 16.9 Å². The van der Waals surface area contributed by atoms with Crippen molar-refractivity contribution in [2.24, 2.45) is 12.8 Å². The Morgan fingerprint density at radius 3 is 2.35 bits per heavy atom. The lowest BCUT2D eigenvalue weighted by Crippen LogP contribution is -2.40. The van der Waals surface area contributed by atoms with Gasteiger partial charge in [0, 0.05) is 32.0 Å². The summed E-state index contributed by atoms with van der Waals surface area (Å²) in [6.45, 7) is 2.38. The van der Waals surface area contributed by atoms with E-state index in [-0.39, 0.29) is 6.04 Å². The molecule has 0 aliphatic rings. The molecule has 0 saturated carbocycles. The van der Waals surface area contributed by atoms with Gasteiger partial charge in [-0.25, -0.2) is 0 Å². The van der Waals surface area contributed by atoms with Crippen molar-refractivity contribution in [2.45, 2.75) is 25.9 Å². The zero-order valence-electron chi connectivity index (χ0n) is 11.7. The molecule has 0 aliphatic carbocycles. The minimum Gasteiger partial charge on any atom is -0.322 e. The number of hydrogen-bond donors (Lipinski definition) is 1.